The zero-order chi connectivity index (χ0) is 19.0. The molecule has 0 amide bonds. The van der Waals surface area contributed by atoms with Crippen LogP contribution >= 0.6 is 0 Å². The Labute approximate surface area is 161 Å². The lowest BCUT2D eigenvalue weighted by Gasteiger charge is -2.21. The summed E-state index contributed by atoms with van der Waals surface area (Å²) in [7, 11) is 0. The molecule has 136 valence electrons. The molecule has 0 spiro atoms. The van der Waals surface area contributed by atoms with Crippen molar-refractivity contribution in [2.24, 2.45) is 4.99 Å². The van der Waals surface area contributed by atoms with Crippen molar-refractivity contribution < 1.29 is 0 Å². The molecule has 4 rings (SSSR count). The molecule has 2 heterocycles. The predicted molar refractivity (Wildman–Crippen MR) is 105 cm³/mol. The first-order valence-electron chi connectivity index (χ1n) is 8.59. The lowest BCUT2D eigenvalue weighted by molar-refractivity contribution is 0.949. The minimum atomic E-state index is -0.331. The number of aliphatic imine (C=N–C) groups is 1. The van der Waals surface area contributed by atoms with Crippen LogP contribution in [0.5, 0.6) is 0 Å². The summed E-state index contributed by atoms with van der Waals surface area (Å²) in [6.07, 6.45) is 5.74. The number of rotatable bonds is 6. The molecule has 0 radical (unpaired) electrons. The molecule has 0 saturated carbocycles. The topological polar surface area (TPSA) is 102 Å². The lowest BCUT2D eigenvalue weighted by Crippen LogP contribution is -2.23. The average Bonchev–Trinajstić information content (AvgIpc) is 2.79. The fourth-order valence-electron chi connectivity index (χ4n) is 2.70. The van der Waals surface area contributed by atoms with Gasteiger partial charge in [-0.3, -0.25) is 0 Å². The first-order valence-corrected chi connectivity index (χ1v) is 8.59. The summed E-state index contributed by atoms with van der Waals surface area (Å²) in [4.78, 5) is 29.2. The van der Waals surface area contributed by atoms with E-state index in [1.165, 1.54) is 25.3 Å². The Bertz CT molecular complexity index is 1020. The molecule has 1 N–H and O–H groups in total. The summed E-state index contributed by atoms with van der Waals surface area (Å²) < 4.78 is 0. The van der Waals surface area contributed by atoms with E-state index in [0.29, 0.717) is 11.9 Å². The molecule has 0 bridgehead atoms. The van der Waals surface area contributed by atoms with Crippen LogP contribution in [0.1, 0.15) is 17.2 Å². The van der Waals surface area contributed by atoms with Crippen molar-refractivity contribution in [2.75, 3.05) is 5.32 Å². The highest BCUT2D eigenvalue weighted by atomic mass is 15.2. The van der Waals surface area contributed by atoms with Crippen LogP contribution in [0.3, 0.4) is 0 Å². The fourth-order valence-corrected chi connectivity index (χ4v) is 2.70. The van der Waals surface area contributed by atoms with Crippen molar-refractivity contribution in [3.05, 3.63) is 97.1 Å². The van der Waals surface area contributed by atoms with Crippen molar-refractivity contribution in [1.29, 1.82) is 0 Å². The van der Waals surface area contributed by atoms with Crippen LogP contribution in [-0.2, 0) is 0 Å². The summed E-state index contributed by atoms with van der Waals surface area (Å²) >= 11 is 0. The minimum absolute atomic E-state index is 0.326. The van der Waals surface area contributed by atoms with E-state index in [9.17, 15) is 0 Å². The van der Waals surface area contributed by atoms with Crippen LogP contribution in [0.25, 0.3) is 0 Å². The molecule has 4 aromatic rings. The van der Waals surface area contributed by atoms with E-state index in [-0.39, 0.29) is 6.04 Å². The average molecular weight is 368 g/mol. The van der Waals surface area contributed by atoms with Crippen molar-refractivity contribution >= 4 is 17.6 Å². The molecule has 0 aliphatic rings. The summed E-state index contributed by atoms with van der Waals surface area (Å²) in [5, 5.41) is 3.35. The number of hydrogen-bond donors (Lipinski definition) is 1. The molecule has 2 aromatic heterocycles. The maximum absolute atomic E-state index is 4.72. The van der Waals surface area contributed by atoms with E-state index in [2.05, 4.69) is 35.2 Å². The molecule has 1 unspecified atom stereocenters. The highest BCUT2D eigenvalue weighted by Gasteiger charge is 2.21. The largest absolute Gasteiger partial charge is 0.342 e. The fraction of sp³-hybridized carbons (Fsp3) is 0.0500. The molecule has 0 aliphatic carbocycles. The summed E-state index contributed by atoms with van der Waals surface area (Å²) in [5.74, 6) is 0.773. The molecule has 8 nitrogen and oxygen atoms in total. The smallest absolute Gasteiger partial charge is 0.252 e. The Kier molecular flexibility index (Phi) is 5.29. The minimum Gasteiger partial charge on any atom is -0.342 e. The molecule has 1 atom stereocenters. The van der Waals surface area contributed by atoms with Gasteiger partial charge in [-0.1, -0.05) is 60.7 Å². The van der Waals surface area contributed by atoms with Crippen molar-refractivity contribution in [3.63, 3.8) is 0 Å². The molecule has 0 saturated heterocycles. The van der Waals surface area contributed by atoms with Gasteiger partial charge >= 0.3 is 0 Å². The number of nitrogens with one attached hydrogen (secondary N) is 1. The highest BCUT2D eigenvalue weighted by molar-refractivity contribution is 6.07. The molecule has 28 heavy (non-hydrogen) atoms. The quantitative estimate of drug-likeness (QED) is 0.522. The normalized spacial score (nSPS) is 12.4. The van der Waals surface area contributed by atoms with E-state index in [1.54, 1.807) is 0 Å². The van der Waals surface area contributed by atoms with E-state index in [0.717, 1.165) is 16.8 Å². The number of hydrogen-bond acceptors (Lipinski definition) is 8. The molecule has 8 heteroatoms. The lowest BCUT2D eigenvalue weighted by atomic mass is 9.96. The Morgan fingerprint density at radius 3 is 1.93 bits per heavy atom. The van der Waals surface area contributed by atoms with Gasteiger partial charge in [0.05, 0.1) is 11.8 Å². The molecular formula is C20H16N8. The van der Waals surface area contributed by atoms with Crippen LogP contribution in [0, 0.1) is 0 Å². The first-order chi connectivity index (χ1) is 13.9. The number of benzene rings is 2. The Morgan fingerprint density at radius 2 is 1.29 bits per heavy atom. The third-order valence-corrected chi connectivity index (χ3v) is 3.94. The van der Waals surface area contributed by atoms with Crippen LogP contribution in [0.2, 0.25) is 0 Å². The van der Waals surface area contributed by atoms with Gasteiger partial charge in [-0.2, -0.15) is 9.97 Å². The highest BCUT2D eigenvalue weighted by Crippen LogP contribution is 2.24. The van der Waals surface area contributed by atoms with Gasteiger partial charge in [-0.15, -0.1) is 0 Å². The summed E-state index contributed by atoms with van der Waals surface area (Å²) in [6, 6.07) is 19.5. The Hall–Kier alpha value is -4.07. The second-order valence-electron chi connectivity index (χ2n) is 5.75. The van der Waals surface area contributed by atoms with E-state index in [4.69, 9.17) is 4.99 Å². The summed E-state index contributed by atoms with van der Waals surface area (Å²) in [5.41, 5.74) is 2.66. The predicted octanol–water partition coefficient (Wildman–Crippen LogP) is 3.03. The standard InChI is InChI=1S/C20H16N8/c1-3-7-15(8-4-1)17(27-19-23-11-21-12-24-19)18(16-9-5-2-6-10-16)28-20-25-13-22-14-26-20/h1-14,17H,(H,21,23,24,27). The van der Waals surface area contributed by atoms with Crippen LogP contribution in [0.4, 0.5) is 11.9 Å². The Balaban J connectivity index is 1.84. The number of aromatic nitrogens is 6. The second kappa shape index (κ2) is 8.54. The zero-order valence-electron chi connectivity index (χ0n) is 14.8. The Morgan fingerprint density at radius 1 is 0.714 bits per heavy atom. The van der Waals surface area contributed by atoms with Gasteiger partial charge in [-0.25, -0.2) is 24.9 Å². The second-order valence-corrected chi connectivity index (χ2v) is 5.75. The van der Waals surface area contributed by atoms with Gasteiger partial charge in [0.25, 0.3) is 5.95 Å². The summed E-state index contributed by atoms with van der Waals surface area (Å²) in [6.45, 7) is 0. The van der Waals surface area contributed by atoms with E-state index >= 15 is 0 Å². The third-order valence-electron chi connectivity index (χ3n) is 3.94. The van der Waals surface area contributed by atoms with Gasteiger partial charge in [0, 0.05) is 0 Å². The molecule has 2 aromatic carbocycles. The maximum atomic E-state index is 4.72. The first kappa shape index (κ1) is 17.3. The zero-order valence-corrected chi connectivity index (χ0v) is 14.8. The maximum Gasteiger partial charge on any atom is 0.252 e. The van der Waals surface area contributed by atoms with Crippen LogP contribution in [-0.4, -0.2) is 35.6 Å². The van der Waals surface area contributed by atoms with Crippen LogP contribution < -0.4 is 5.32 Å². The van der Waals surface area contributed by atoms with Crippen molar-refractivity contribution in [1.82, 2.24) is 29.9 Å². The van der Waals surface area contributed by atoms with Gasteiger partial charge in [0.2, 0.25) is 5.95 Å². The van der Waals surface area contributed by atoms with Crippen molar-refractivity contribution in [2.45, 2.75) is 6.04 Å². The van der Waals surface area contributed by atoms with Gasteiger partial charge in [0.15, 0.2) is 0 Å². The number of nitrogens with zero attached hydrogens (tertiary/aromatic N) is 7. The molecule has 0 aliphatic heterocycles. The molecule has 0 fully saturated rings. The van der Waals surface area contributed by atoms with Crippen molar-refractivity contribution in [3.8, 4) is 0 Å². The van der Waals surface area contributed by atoms with E-state index in [1.807, 2.05) is 60.7 Å². The van der Waals surface area contributed by atoms with E-state index < -0.39 is 0 Å². The van der Waals surface area contributed by atoms with Gasteiger partial charge in [-0.05, 0) is 11.1 Å². The monoisotopic (exact) mass is 368 g/mol. The molecular weight excluding hydrogens is 352 g/mol. The number of anilines is 1. The SMILES string of the molecule is c1ccc(C(=Nc2ncncn2)C(Nc2ncncn2)c2ccccc2)cc1. The van der Waals surface area contributed by atoms with Gasteiger partial charge in [0.1, 0.15) is 25.3 Å². The third kappa shape index (κ3) is 4.18. The van der Waals surface area contributed by atoms with Gasteiger partial charge < -0.3 is 5.32 Å². The van der Waals surface area contributed by atoms with Crippen LogP contribution in [0.15, 0.2) is 91.0 Å².